The monoisotopic (exact) mass is 570 g/mol. The zero-order valence-electron chi connectivity index (χ0n) is 23.9. The Morgan fingerprint density at radius 1 is 0.950 bits per heavy atom. The molecule has 1 heterocycles. The van der Waals surface area contributed by atoms with Crippen molar-refractivity contribution in [3.63, 3.8) is 0 Å². The SMILES string of the molecule is CN(C)C(=O)c1ccc(N2CCC(C3CCC4(CCC(=O)C(C)(c5ccccc5)C(F)(F)C4)CC3)CC2)cc1Cl. The van der Waals surface area contributed by atoms with Crippen LogP contribution in [0, 0.1) is 17.3 Å². The summed E-state index contributed by atoms with van der Waals surface area (Å²) in [4.78, 5) is 29.4. The van der Waals surface area contributed by atoms with Gasteiger partial charge in [0.25, 0.3) is 11.8 Å². The molecule has 40 heavy (non-hydrogen) atoms. The van der Waals surface area contributed by atoms with Crippen molar-refractivity contribution >= 4 is 29.0 Å². The lowest BCUT2D eigenvalue weighted by Crippen LogP contribution is -2.49. The Bertz CT molecular complexity index is 1230. The van der Waals surface area contributed by atoms with E-state index in [1.54, 1.807) is 44.4 Å². The van der Waals surface area contributed by atoms with Gasteiger partial charge in [-0.1, -0.05) is 41.9 Å². The Hall–Kier alpha value is -2.47. The highest BCUT2D eigenvalue weighted by molar-refractivity contribution is 6.34. The van der Waals surface area contributed by atoms with Gasteiger partial charge in [0.2, 0.25) is 0 Å². The van der Waals surface area contributed by atoms with Gasteiger partial charge in [-0.2, -0.15) is 0 Å². The fourth-order valence-corrected chi connectivity index (χ4v) is 7.86. The molecule has 5 rings (SSSR count). The maximum atomic E-state index is 16.0. The number of nitrogens with zero attached hydrogens (tertiary/aromatic N) is 2. The molecule has 3 fully saturated rings. The molecular weight excluding hydrogens is 530 g/mol. The molecule has 0 N–H and O–H groups in total. The fourth-order valence-electron chi connectivity index (χ4n) is 7.61. The van der Waals surface area contributed by atoms with Crippen molar-refractivity contribution in [2.75, 3.05) is 32.1 Å². The van der Waals surface area contributed by atoms with E-state index in [1.807, 2.05) is 18.2 Å². The van der Waals surface area contributed by atoms with Gasteiger partial charge in [-0.15, -0.1) is 0 Å². The number of hydrogen-bond donors (Lipinski definition) is 0. The number of hydrogen-bond acceptors (Lipinski definition) is 3. The van der Waals surface area contributed by atoms with Crippen LogP contribution < -0.4 is 4.90 Å². The van der Waals surface area contributed by atoms with Crippen molar-refractivity contribution < 1.29 is 18.4 Å². The number of carbonyl (C=O) groups excluding carboxylic acids is 2. The molecule has 1 unspecified atom stereocenters. The number of benzene rings is 2. The molecule has 1 saturated heterocycles. The number of halogens is 3. The van der Waals surface area contributed by atoms with Gasteiger partial charge in [0, 0.05) is 45.7 Å². The predicted molar refractivity (Wildman–Crippen MR) is 156 cm³/mol. The summed E-state index contributed by atoms with van der Waals surface area (Å²) in [5.41, 5.74) is -0.236. The first-order valence-corrected chi connectivity index (χ1v) is 15.1. The van der Waals surface area contributed by atoms with Crippen LogP contribution >= 0.6 is 11.6 Å². The van der Waals surface area contributed by atoms with Crippen LogP contribution in [0.3, 0.4) is 0 Å². The standard InChI is InChI=1S/C33H41ClF2N2O2/c1-31(25-7-5-4-6-8-25)29(39)13-18-32(22-33(31,35)36)16-11-23(12-17-32)24-14-19-38(20-15-24)26-9-10-27(28(34)21-26)30(40)37(2)3/h4-10,21,23-24H,11-20,22H2,1-3H3. The van der Waals surface area contributed by atoms with Gasteiger partial charge in [-0.05, 0) is 92.9 Å². The molecule has 2 saturated carbocycles. The van der Waals surface area contributed by atoms with E-state index >= 15 is 8.78 Å². The largest absolute Gasteiger partial charge is 0.371 e. The van der Waals surface area contributed by atoms with Crippen LogP contribution in [0.25, 0.3) is 0 Å². The van der Waals surface area contributed by atoms with Gasteiger partial charge in [0.05, 0.1) is 10.6 Å². The summed E-state index contributed by atoms with van der Waals surface area (Å²) in [5.74, 6) is -2.38. The third kappa shape index (κ3) is 5.29. The van der Waals surface area contributed by atoms with E-state index in [4.69, 9.17) is 11.6 Å². The molecule has 2 aromatic rings. The second-order valence-electron chi connectivity index (χ2n) is 12.8. The van der Waals surface area contributed by atoms with Crippen LogP contribution in [0.1, 0.15) is 80.6 Å². The average Bonchev–Trinajstić information content (AvgIpc) is 3.02. The summed E-state index contributed by atoms with van der Waals surface area (Å²) in [7, 11) is 3.43. The normalized spacial score (nSPS) is 29.3. The van der Waals surface area contributed by atoms with Crippen LogP contribution in [0.5, 0.6) is 0 Å². The lowest BCUT2D eigenvalue weighted by atomic mass is 9.62. The van der Waals surface area contributed by atoms with E-state index in [0.29, 0.717) is 34.4 Å². The number of ketones is 1. The molecule has 216 valence electrons. The lowest BCUT2D eigenvalue weighted by Gasteiger charge is -2.46. The summed E-state index contributed by atoms with van der Waals surface area (Å²) < 4.78 is 32.0. The second-order valence-corrected chi connectivity index (χ2v) is 13.2. The van der Waals surface area contributed by atoms with Crippen LogP contribution in [-0.2, 0) is 10.2 Å². The number of anilines is 1. The smallest absolute Gasteiger partial charge is 0.264 e. The van der Waals surface area contributed by atoms with Gasteiger partial charge < -0.3 is 9.80 Å². The Labute approximate surface area is 242 Å². The van der Waals surface area contributed by atoms with E-state index in [0.717, 1.165) is 57.3 Å². The fraction of sp³-hybridized carbons (Fsp3) is 0.576. The van der Waals surface area contributed by atoms with E-state index in [-0.39, 0.29) is 24.5 Å². The molecule has 1 aliphatic heterocycles. The molecule has 0 radical (unpaired) electrons. The van der Waals surface area contributed by atoms with Gasteiger partial charge >= 0.3 is 0 Å². The number of rotatable bonds is 4. The van der Waals surface area contributed by atoms with Crippen molar-refractivity contribution in [3.05, 3.63) is 64.7 Å². The highest BCUT2D eigenvalue weighted by Gasteiger charge is 2.61. The lowest BCUT2D eigenvalue weighted by molar-refractivity contribution is -0.144. The van der Waals surface area contributed by atoms with Gasteiger partial charge in [-0.25, -0.2) is 8.78 Å². The number of amides is 1. The molecule has 2 aromatic carbocycles. The number of carbonyl (C=O) groups is 2. The molecule has 1 spiro atoms. The minimum atomic E-state index is -3.08. The van der Waals surface area contributed by atoms with Gasteiger partial charge in [0.1, 0.15) is 11.2 Å². The third-order valence-electron chi connectivity index (χ3n) is 10.4. The summed E-state index contributed by atoms with van der Waals surface area (Å²) >= 11 is 6.45. The molecule has 7 heteroatoms. The van der Waals surface area contributed by atoms with E-state index in [9.17, 15) is 9.59 Å². The maximum Gasteiger partial charge on any atom is 0.264 e. The first-order valence-electron chi connectivity index (χ1n) is 14.7. The van der Waals surface area contributed by atoms with Crippen LogP contribution in [0.15, 0.2) is 48.5 Å². The van der Waals surface area contributed by atoms with Gasteiger partial charge in [0.15, 0.2) is 0 Å². The molecule has 0 aromatic heterocycles. The van der Waals surface area contributed by atoms with Crippen LogP contribution in [0.4, 0.5) is 14.5 Å². The minimum Gasteiger partial charge on any atom is -0.371 e. The number of piperidine rings is 1. The van der Waals surface area contributed by atoms with Crippen LogP contribution in [0.2, 0.25) is 5.02 Å². The summed E-state index contributed by atoms with van der Waals surface area (Å²) in [6.07, 6.45) is 6.21. The minimum absolute atomic E-state index is 0.106. The molecule has 2 aliphatic carbocycles. The molecule has 1 atom stereocenters. The quantitative estimate of drug-likeness (QED) is 0.377. The molecule has 3 aliphatic rings. The summed E-state index contributed by atoms with van der Waals surface area (Å²) in [6, 6.07) is 14.3. The molecule has 1 amide bonds. The highest BCUT2D eigenvalue weighted by atomic mass is 35.5. The molecule has 4 nitrogen and oxygen atoms in total. The van der Waals surface area contributed by atoms with E-state index < -0.39 is 16.8 Å². The van der Waals surface area contributed by atoms with Crippen molar-refractivity contribution in [2.45, 2.75) is 76.0 Å². The second kappa shape index (κ2) is 11.1. The molecular formula is C33H41ClF2N2O2. The topological polar surface area (TPSA) is 40.6 Å². The number of Topliss-reactive ketones (excluding diaryl/α,β-unsaturated/α-hetero) is 1. The van der Waals surface area contributed by atoms with Crippen molar-refractivity contribution in [2.24, 2.45) is 17.3 Å². The van der Waals surface area contributed by atoms with E-state index in [1.165, 1.54) is 11.8 Å². The summed E-state index contributed by atoms with van der Waals surface area (Å²) in [6.45, 7) is 3.31. The Morgan fingerprint density at radius 2 is 1.57 bits per heavy atom. The van der Waals surface area contributed by atoms with Crippen molar-refractivity contribution in [1.82, 2.24) is 4.90 Å². The zero-order chi connectivity index (χ0) is 28.7. The van der Waals surface area contributed by atoms with Crippen molar-refractivity contribution in [3.8, 4) is 0 Å². The highest BCUT2D eigenvalue weighted by Crippen LogP contribution is 2.57. The number of alkyl halides is 2. The van der Waals surface area contributed by atoms with E-state index in [2.05, 4.69) is 4.90 Å². The molecule has 0 bridgehead atoms. The maximum absolute atomic E-state index is 16.0. The Morgan fingerprint density at radius 3 is 2.17 bits per heavy atom. The Balaban J connectivity index is 1.20. The third-order valence-corrected chi connectivity index (χ3v) is 10.7. The predicted octanol–water partition coefficient (Wildman–Crippen LogP) is 7.78. The zero-order valence-corrected chi connectivity index (χ0v) is 24.7. The first-order chi connectivity index (χ1) is 19.0. The van der Waals surface area contributed by atoms with Crippen molar-refractivity contribution in [1.29, 1.82) is 0 Å². The van der Waals surface area contributed by atoms with Gasteiger partial charge in [-0.3, -0.25) is 9.59 Å². The average molecular weight is 571 g/mol. The summed E-state index contributed by atoms with van der Waals surface area (Å²) in [5, 5.41) is 0.470. The van der Waals surface area contributed by atoms with Crippen LogP contribution in [-0.4, -0.2) is 49.7 Å². The first kappa shape index (κ1) is 29.0. The Kier molecular flexibility index (Phi) is 8.04.